The quantitative estimate of drug-likeness (QED) is 0.629. The number of hydrogen-bond acceptors (Lipinski definition) is 3. The largest absolute Gasteiger partial charge is 0.466 e. The van der Waals surface area contributed by atoms with Crippen LogP contribution in [0.2, 0.25) is 0 Å². The molecule has 0 aromatic heterocycles. The Morgan fingerprint density at radius 2 is 1.96 bits per heavy atom. The van der Waals surface area contributed by atoms with Crippen LogP contribution in [-0.2, 0) is 16.1 Å². The molecule has 1 aliphatic rings. The van der Waals surface area contributed by atoms with E-state index in [0.29, 0.717) is 6.61 Å². The Kier molecular flexibility index (Phi) is 7.95. The van der Waals surface area contributed by atoms with Gasteiger partial charge in [-0.1, -0.05) is 38.0 Å². The van der Waals surface area contributed by atoms with E-state index in [1.165, 1.54) is 49.0 Å². The van der Waals surface area contributed by atoms with Gasteiger partial charge in [-0.25, -0.2) is 0 Å². The normalized spacial score (nSPS) is 17.4. The monoisotopic (exact) mass is 345 g/mol. The van der Waals surface area contributed by atoms with Gasteiger partial charge in [0, 0.05) is 6.54 Å². The first kappa shape index (κ1) is 20.0. The van der Waals surface area contributed by atoms with E-state index in [2.05, 4.69) is 36.9 Å². The zero-order valence-corrected chi connectivity index (χ0v) is 16.5. The van der Waals surface area contributed by atoms with E-state index in [-0.39, 0.29) is 11.9 Å². The van der Waals surface area contributed by atoms with Crippen LogP contribution in [0, 0.1) is 25.7 Å². The second-order valence-corrected chi connectivity index (χ2v) is 7.72. The highest BCUT2D eigenvalue weighted by atomic mass is 16.5. The summed E-state index contributed by atoms with van der Waals surface area (Å²) in [7, 11) is 0. The molecule has 1 atom stereocenters. The summed E-state index contributed by atoms with van der Waals surface area (Å²) in [6, 6.07) is 6.84. The van der Waals surface area contributed by atoms with Crippen LogP contribution in [0.4, 0.5) is 0 Å². The fraction of sp³-hybridized carbons (Fsp3) is 0.682. The minimum Gasteiger partial charge on any atom is -0.466 e. The summed E-state index contributed by atoms with van der Waals surface area (Å²) in [4.78, 5) is 14.2. The number of piperidine rings is 1. The molecule has 2 rings (SSSR count). The first-order valence-electron chi connectivity index (χ1n) is 9.94. The van der Waals surface area contributed by atoms with Crippen LogP contribution in [0.15, 0.2) is 18.2 Å². The van der Waals surface area contributed by atoms with E-state index in [1.54, 1.807) is 0 Å². The third-order valence-electron chi connectivity index (χ3n) is 5.62. The van der Waals surface area contributed by atoms with Crippen molar-refractivity contribution >= 4 is 5.97 Å². The summed E-state index contributed by atoms with van der Waals surface area (Å²) in [5, 5.41) is 0. The number of hydrogen-bond donors (Lipinski definition) is 0. The number of benzene rings is 1. The molecule has 0 N–H and O–H groups in total. The molecule has 1 saturated heterocycles. The van der Waals surface area contributed by atoms with Crippen LogP contribution < -0.4 is 0 Å². The Hall–Kier alpha value is -1.35. The number of carbonyl (C=O) groups is 1. The lowest BCUT2D eigenvalue weighted by atomic mass is 9.90. The van der Waals surface area contributed by atoms with Crippen molar-refractivity contribution in [2.24, 2.45) is 11.8 Å². The molecule has 1 heterocycles. The van der Waals surface area contributed by atoms with E-state index < -0.39 is 0 Å². The van der Waals surface area contributed by atoms with Crippen LogP contribution in [0.25, 0.3) is 0 Å². The fourth-order valence-corrected chi connectivity index (χ4v) is 3.71. The molecule has 1 aromatic rings. The van der Waals surface area contributed by atoms with Gasteiger partial charge in [-0.2, -0.15) is 0 Å². The average molecular weight is 346 g/mol. The molecule has 0 radical (unpaired) electrons. The van der Waals surface area contributed by atoms with Gasteiger partial charge in [0.1, 0.15) is 0 Å². The first-order chi connectivity index (χ1) is 12.0. The molecule has 0 bridgehead atoms. The Balaban J connectivity index is 1.66. The van der Waals surface area contributed by atoms with E-state index >= 15 is 0 Å². The smallest absolute Gasteiger partial charge is 0.308 e. The van der Waals surface area contributed by atoms with Gasteiger partial charge in [0.2, 0.25) is 0 Å². The lowest BCUT2D eigenvalue weighted by molar-refractivity contribution is -0.147. The second-order valence-electron chi connectivity index (χ2n) is 7.72. The Morgan fingerprint density at radius 1 is 1.24 bits per heavy atom. The van der Waals surface area contributed by atoms with Crippen LogP contribution in [0.5, 0.6) is 0 Å². The van der Waals surface area contributed by atoms with Crippen molar-refractivity contribution in [1.29, 1.82) is 0 Å². The minimum absolute atomic E-state index is 0.0364. The molecule has 0 saturated carbocycles. The highest BCUT2D eigenvalue weighted by molar-refractivity contribution is 5.71. The van der Waals surface area contributed by atoms with Crippen LogP contribution in [-0.4, -0.2) is 30.6 Å². The molecule has 3 heteroatoms. The third kappa shape index (κ3) is 6.47. The number of carbonyl (C=O) groups excluding carboxylic acids is 1. The van der Waals surface area contributed by atoms with Crippen LogP contribution in [0.1, 0.15) is 62.6 Å². The van der Waals surface area contributed by atoms with Crippen molar-refractivity contribution in [2.45, 2.75) is 66.3 Å². The van der Waals surface area contributed by atoms with E-state index in [4.69, 9.17) is 4.74 Å². The van der Waals surface area contributed by atoms with Crippen molar-refractivity contribution in [3.63, 3.8) is 0 Å². The fourth-order valence-electron chi connectivity index (χ4n) is 3.71. The van der Waals surface area contributed by atoms with E-state index in [1.807, 2.05) is 13.8 Å². The van der Waals surface area contributed by atoms with Gasteiger partial charge in [0.25, 0.3) is 0 Å². The SMILES string of the molecule is CCOC(=O)C(C)CCCC1CCN(Cc2ccc(C)c(C)c2)CC1. The number of aryl methyl sites for hydroxylation is 2. The van der Waals surface area contributed by atoms with Gasteiger partial charge < -0.3 is 4.74 Å². The van der Waals surface area contributed by atoms with Crippen molar-refractivity contribution in [3.8, 4) is 0 Å². The zero-order valence-electron chi connectivity index (χ0n) is 16.5. The molecular formula is C22H35NO2. The van der Waals surface area contributed by atoms with Crippen molar-refractivity contribution in [2.75, 3.05) is 19.7 Å². The summed E-state index contributed by atoms with van der Waals surface area (Å²) < 4.78 is 5.09. The number of nitrogens with zero attached hydrogens (tertiary/aromatic N) is 1. The third-order valence-corrected chi connectivity index (χ3v) is 5.62. The maximum Gasteiger partial charge on any atom is 0.308 e. The molecule has 0 amide bonds. The molecule has 1 aliphatic heterocycles. The van der Waals surface area contributed by atoms with Crippen molar-refractivity contribution in [1.82, 2.24) is 4.90 Å². The van der Waals surface area contributed by atoms with Gasteiger partial charge >= 0.3 is 5.97 Å². The molecule has 25 heavy (non-hydrogen) atoms. The van der Waals surface area contributed by atoms with Gasteiger partial charge in [-0.15, -0.1) is 0 Å². The Bertz CT molecular complexity index is 547. The van der Waals surface area contributed by atoms with Gasteiger partial charge in [0.05, 0.1) is 12.5 Å². The molecule has 140 valence electrons. The Labute approximate surface area is 153 Å². The maximum atomic E-state index is 11.7. The predicted octanol–water partition coefficient (Wildman–Crippen LogP) is 4.88. The minimum atomic E-state index is -0.0364. The molecule has 0 spiro atoms. The van der Waals surface area contributed by atoms with E-state index in [9.17, 15) is 4.79 Å². The maximum absolute atomic E-state index is 11.7. The standard InChI is InChI=1S/C22H35NO2/c1-5-25-22(24)18(3)7-6-8-20-11-13-23(14-12-20)16-21-10-9-17(2)19(4)15-21/h9-10,15,18,20H,5-8,11-14,16H2,1-4H3. The summed E-state index contributed by atoms with van der Waals surface area (Å²) >= 11 is 0. The zero-order chi connectivity index (χ0) is 18.2. The number of ether oxygens (including phenoxy) is 1. The van der Waals surface area contributed by atoms with Crippen molar-refractivity contribution in [3.05, 3.63) is 34.9 Å². The topological polar surface area (TPSA) is 29.5 Å². The second kappa shape index (κ2) is 9.96. The lowest BCUT2D eigenvalue weighted by Gasteiger charge is -2.32. The summed E-state index contributed by atoms with van der Waals surface area (Å²) in [5.74, 6) is 0.834. The van der Waals surface area contributed by atoms with Gasteiger partial charge in [-0.05, 0) is 75.7 Å². The molecule has 1 fully saturated rings. The molecule has 1 aromatic carbocycles. The summed E-state index contributed by atoms with van der Waals surface area (Å²) in [6.45, 7) is 12.2. The first-order valence-corrected chi connectivity index (χ1v) is 9.94. The molecule has 3 nitrogen and oxygen atoms in total. The van der Waals surface area contributed by atoms with Gasteiger partial charge in [-0.3, -0.25) is 9.69 Å². The Morgan fingerprint density at radius 3 is 2.60 bits per heavy atom. The predicted molar refractivity (Wildman–Crippen MR) is 104 cm³/mol. The van der Waals surface area contributed by atoms with Crippen LogP contribution >= 0.6 is 0 Å². The lowest BCUT2D eigenvalue weighted by Crippen LogP contribution is -2.33. The average Bonchev–Trinajstić information content (AvgIpc) is 2.60. The highest BCUT2D eigenvalue weighted by Crippen LogP contribution is 2.25. The molecular weight excluding hydrogens is 310 g/mol. The molecule has 0 aliphatic carbocycles. The highest BCUT2D eigenvalue weighted by Gasteiger charge is 2.20. The van der Waals surface area contributed by atoms with Crippen LogP contribution in [0.3, 0.4) is 0 Å². The number of likely N-dealkylation sites (tertiary alicyclic amines) is 1. The van der Waals surface area contributed by atoms with Crippen molar-refractivity contribution < 1.29 is 9.53 Å². The van der Waals surface area contributed by atoms with Gasteiger partial charge in [0.15, 0.2) is 0 Å². The summed E-state index contributed by atoms with van der Waals surface area (Å²) in [6.07, 6.45) is 5.93. The summed E-state index contributed by atoms with van der Waals surface area (Å²) in [5.41, 5.74) is 4.20. The molecule has 1 unspecified atom stereocenters. The number of esters is 1. The number of rotatable bonds is 8. The van der Waals surface area contributed by atoms with E-state index in [0.717, 1.165) is 25.3 Å².